The van der Waals surface area contributed by atoms with Gasteiger partial charge in [-0.3, -0.25) is 0 Å². The number of aryl methyl sites for hydroxylation is 1. The fourth-order valence-corrected chi connectivity index (χ4v) is 4.43. The molecule has 1 atom stereocenters. The summed E-state index contributed by atoms with van der Waals surface area (Å²) in [5.74, 6) is 2.25. The molecule has 0 radical (unpaired) electrons. The second kappa shape index (κ2) is 6.95. The summed E-state index contributed by atoms with van der Waals surface area (Å²) in [6, 6.07) is 0.696. The molecule has 2 heterocycles. The van der Waals surface area contributed by atoms with E-state index < -0.39 is 0 Å². The third-order valence-corrected chi connectivity index (χ3v) is 5.41. The largest absolute Gasteiger partial charge is 0.328 e. The van der Waals surface area contributed by atoms with Gasteiger partial charge in [0.2, 0.25) is 0 Å². The van der Waals surface area contributed by atoms with Crippen molar-refractivity contribution >= 4 is 0 Å². The lowest BCUT2D eigenvalue weighted by atomic mass is 9.82. The molecule has 0 aromatic carbocycles. The number of nitrogens with zero attached hydrogens (tertiary/aromatic N) is 2. The molecule has 0 spiro atoms. The standard InChI is InChI=1S/C18H31N3/c1-3-8-18-20-15-13-19-12-11-17(15)21(18)16(4-2)14-9-6-5-7-10-14/h14,16,19H,3-13H2,1-2H3. The molecule has 1 aromatic rings. The van der Waals surface area contributed by atoms with Crippen molar-refractivity contribution in [3.05, 3.63) is 17.2 Å². The van der Waals surface area contributed by atoms with Gasteiger partial charge in [-0.1, -0.05) is 33.1 Å². The van der Waals surface area contributed by atoms with E-state index >= 15 is 0 Å². The maximum absolute atomic E-state index is 5.00. The van der Waals surface area contributed by atoms with E-state index in [0.717, 1.165) is 31.8 Å². The average molecular weight is 289 g/mol. The molecule has 1 aliphatic heterocycles. The van der Waals surface area contributed by atoms with Gasteiger partial charge >= 0.3 is 0 Å². The van der Waals surface area contributed by atoms with E-state index in [0.29, 0.717) is 6.04 Å². The monoisotopic (exact) mass is 289 g/mol. The Balaban J connectivity index is 1.94. The van der Waals surface area contributed by atoms with Crippen molar-refractivity contribution in [1.29, 1.82) is 0 Å². The smallest absolute Gasteiger partial charge is 0.109 e. The van der Waals surface area contributed by atoms with E-state index in [9.17, 15) is 0 Å². The third kappa shape index (κ3) is 3.03. The van der Waals surface area contributed by atoms with Crippen LogP contribution in [-0.2, 0) is 19.4 Å². The Kier molecular flexibility index (Phi) is 4.99. The van der Waals surface area contributed by atoms with Crippen molar-refractivity contribution in [3.63, 3.8) is 0 Å². The molecule has 21 heavy (non-hydrogen) atoms. The second-order valence-electron chi connectivity index (χ2n) is 6.84. The maximum atomic E-state index is 5.00. The highest BCUT2D eigenvalue weighted by Crippen LogP contribution is 2.37. The van der Waals surface area contributed by atoms with Crippen molar-refractivity contribution in [2.45, 2.75) is 84.2 Å². The van der Waals surface area contributed by atoms with Crippen LogP contribution in [0.1, 0.15) is 82.0 Å². The fourth-order valence-electron chi connectivity index (χ4n) is 4.43. The third-order valence-electron chi connectivity index (χ3n) is 5.41. The molecule has 3 rings (SSSR count). The summed E-state index contributed by atoms with van der Waals surface area (Å²) in [6.07, 6.45) is 11.9. The minimum Gasteiger partial charge on any atom is -0.328 e. The van der Waals surface area contributed by atoms with Crippen LogP contribution in [0.5, 0.6) is 0 Å². The van der Waals surface area contributed by atoms with Crippen molar-refractivity contribution in [1.82, 2.24) is 14.9 Å². The van der Waals surface area contributed by atoms with Gasteiger partial charge in [-0.2, -0.15) is 0 Å². The number of imidazole rings is 1. The van der Waals surface area contributed by atoms with Crippen molar-refractivity contribution in [2.24, 2.45) is 5.92 Å². The number of aromatic nitrogens is 2. The molecule has 0 bridgehead atoms. The van der Waals surface area contributed by atoms with E-state index in [2.05, 4.69) is 23.7 Å². The topological polar surface area (TPSA) is 29.9 Å². The predicted molar refractivity (Wildman–Crippen MR) is 87.5 cm³/mol. The van der Waals surface area contributed by atoms with Crippen LogP contribution in [0.2, 0.25) is 0 Å². The summed E-state index contributed by atoms with van der Waals surface area (Å²) in [7, 11) is 0. The van der Waals surface area contributed by atoms with Crippen LogP contribution in [0, 0.1) is 5.92 Å². The Bertz CT molecular complexity index is 457. The summed E-state index contributed by atoms with van der Waals surface area (Å²) in [5, 5.41) is 3.48. The maximum Gasteiger partial charge on any atom is 0.109 e. The lowest BCUT2D eigenvalue weighted by Gasteiger charge is -2.33. The SMILES string of the molecule is CCCc1nc2c(n1C(CC)C1CCCCC1)CCNC2. The fraction of sp³-hybridized carbons (Fsp3) is 0.833. The molecule has 1 fully saturated rings. The van der Waals surface area contributed by atoms with Crippen LogP contribution in [0.3, 0.4) is 0 Å². The number of rotatable bonds is 5. The molecule has 1 saturated carbocycles. The Hall–Kier alpha value is -0.830. The van der Waals surface area contributed by atoms with Crippen molar-refractivity contribution < 1.29 is 0 Å². The van der Waals surface area contributed by atoms with Crippen LogP contribution >= 0.6 is 0 Å². The summed E-state index contributed by atoms with van der Waals surface area (Å²) >= 11 is 0. The molecular formula is C18H31N3. The van der Waals surface area contributed by atoms with Crippen LogP contribution in [0.15, 0.2) is 0 Å². The van der Waals surface area contributed by atoms with Gasteiger partial charge in [-0.25, -0.2) is 4.98 Å². The zero-order chi connectivity index (χ0) is 14.7. The minimum absolute atomic E-state index is 0.696. The van der Waals surface area contributed by atoms with Crippen LogP contribution in [0.25, 0.3) is 0 Å². The van der Waals surface area contributed by atoms with Gasteiger partial charge in [-0.05, 0) is 31.6 Å². The molecule has 1 aromatic heterocycles. The number of hydrogen-bond acceptors (Lipinski definition) is 2. The highest BCUT2D eigenvalue weighted by atomic mass is 15.1. The van der Waals surface area contributed by atoms with E-state index in [1.54, 1.807) is 5.69 Å². The van der Waals surface area contributed by atoms with Gasteiger partial charge in [0.1, 0.15) is 5.82 Å². The molecule has 0 amide bonds. The Morgan fingerprint density at radius 1 is 1.24 bits per heavy atom. The first-order valence-electron chi connectivity index (χ1n) is 9.14. The van der Waals surface area contributed by atoms with Crippen LogP contribution in [0.4, 0.5) is 0 Å². The molecule has 3 heteroatoms. The summed E-state index contributed by atoms with van der Waals surface area (Å²) < 4.78 is 2.69. The van der Waals surface area contributed by atoms with Gasteiger partial charge in [0.15, 0.2) is 0 Å². The molecule has 0 saturated heterocycles. The van der Waals surface area contributed by atoms with Gasteiger partial charge in [0, 0.05) is 37.7 Å². The molecule has 2 aliphatic rings. The summed E-state index contributed by atoms with van der Waals surface area (Å²) in [5.41, 5.74) is 2.88. The van der Waals surface area contributed by atoms with Crippen LogP contribution in [-0.4, -0.2) is 16.1 Å². The van der Waals surface area contributed by atoms with Crippen molar-refractivity contribution in [2.75, 3.05) is 6.54 Å². The van der Waals surface area contributed by atoms with E-state index in [1.165, 1.54) is 56.5 Å². The lowest BCUT2D eigenvalue weighted by Crippen LogP contribution is -2.29. The Labute approximate surface area is 129 Å². The molecule has 3 nitrogen and oxygen atoms in total. The molecule has 1 N–H and O–H groups in total. The first-order valence-corrected chi connectivity index (χ1v) is 9.14. The minimum atomic E-state index is 0.696. The number of nitrogens with one attached hydrogen (secondary N) is 1. The van der Waals surface area contributed by atoms with Gasteiger partial charge in [0.25, 0.3) is 0 Å². The number of fused-ring (bicyclic) bond motifs is 1. The molecular weight excluding hydrogens is 258 g/mol. The zero-order valence-electron chi connectivity index (χ0n) is 13.8. The van der Waals surface area contributed by atoms with Crippen LogP contribution < -0.4 is 5.32 Å². The van der Waals surface area contributed by atoms with E-state index in [4.69, 9.17) is 4.98 Å². The lowest BCUT2D eigenvalue weighted by molar-refractivity contribution is 0.235. The average Bonchev–Trinajstić information content (AvgIpc) is 2.88. The summed E-state index contributed by atoms with van der Waals surface area (Å²) in [6.45, 7) is 6.74. The van der Waals surface area contributed by atoms with Gasteiger partial charge in [-0.15, -0.1) is 0 Å². The summed E-state index contributed by atoms with van der Waals surface area (Å²) in [4.78, 5) is 5.00. The van der Waals surface area contributed by atoms with E-state index in [1.807, 2.05) is 0 Å². The highest BCUT2D eigenvalue weighted by Gasteiger charge is 2.29. The first kappa shape index (κ1) is 15.1. The quantitative estimate of drug-likeness (QED) is 0.887. The van der Waals surface area contributed by atoms with Gasteiger partial charge < -0.3 is 9.88 Å². The number of hydrogen-bond donors (Lipinski definition) is 1. The second-order valence-corrected chi connectivity index (χ2v) is 6.84. The van der Waals surface area contributed by atoms with E-state index in [-0.39, 0.29) is 0 Å². The molecule has 1 unspecified atom stereocenters. The predicted octanol–water partition coefficient (Wildman–Crippen LogP) is 4.01. The normalized spacial score (nSPS) is 21.2. The molecule has 118 valence electrons. The Morgan fingerprint density at radius 3 is 2.76 bits per heavy atom. The first-order chi connectivity index (χ1) is 10.3. The molecule has 1 aliphatic carbocycles. The highest BCUT2D eigenvalue weighted by molar-refractivity contribution is 5.22. The van der Waals surface area contributed by atoms with Gasteiger partial charge in [0.05, 0.1) is 5.69 Å². The zero-order valence-corrected chi connectivity index (χ0v) is 13.8. The van der Waals surface area contributed by atoms with Crippen molar-refractivity contribution in [3.8, 4) is 0 Å². The Morgan fingerprint density at radius 2 is 2.05 bits per heavy atom.